The minimum atomic E-state index is -0.122. The van der Waals surface area contributed by atoms with Crippen molar-refractivity contribution >= 4 is 11.6 Å². The Morgan fingerprint density at radius 3 is 2.63 bits per heavy atom. The number of aromatic nitrogens is 1. The minimum absolute atomic E-state index is 0.0219. The molecule has 6 nitrogen and oxygen atoms in total. The van der Waals surface area contributed by atoms with Crippen LogP contribution in [0.25, 0.3) is 11.1 Å². The number of hydrogen-bond acceptors (Lipinski definition) is 6. The van der Waals surface area contributed by atoms with Crippen molar-refractivity contribution in [1.82, 2.24) is 15.6 Å². The smallest absolute Gasteiger partial charge is 0.137 e. The SMILES string of the molecule is CNCCCCCNCc1cc(Cl)c(O)cc1OCc1cncc(C#N)c1.Fc1ccccc1-c1cccc2c1CCC2. The van der Waals surface area contributed by atoms with Crippen molar-refractivity contribution in [2.45, 2.75) is 51.7 Å². The number of halogens is 2. The van der Waals surface area contributed by atoms with Crippen LogP contribution in [0.15, 0.2) is 73.1 Å². The summed E-state index contributed by atoms with van der Waals surface area (Å²) in [5.41, 5.74) is 6.68. The van der Waals surface area contributed by atoms with Gasteiger partial charge in [-0.1, -0.05) is 54.4 Å². The number of nitrogens with one attached hydrogen (secondary N) is 2. The van der Waals surface area contributed by atoms with Crippen molar-refractivity contribution in [3.63, 3.8) is 0 Å². The first-order valence-corrected chi connectivity index (χ1v) is 15.1. The van der Waals surface area contributed by atoms with E-state index in [0.717, 1.165) is 67.4 Å². The Balaban J connectivity index is 0.000000222. The molecular formula is C35H38ClFN4O2. The maximum Gasteiger partial charge on any atom is 0.137 e. The highest BCUT2D eigenvalue weighted by Gasteiger charge is 2.16. The van der Waals surface area contributed by atoms with Crippen LogP contribution in [0.2, 0.25) is 5.02 Å². The van der Waals surface area contributed by atoms with Crippen molar-refractivity contribution in [2.75, 3.05) is 20.1 Å². The van der Waals surface area contributed by atoms with Gasteiger partial charge in [0, 0.05) is 41.7 Å². The molecule has 0 radical (unpaired) electrons. The number of unbranched alkanes of at least 4 members (excludes halogenated alkanes) is 2. The van der Waals surface area contributed by atoms with E-state index in [-0.39, 0.29) is 18.2 Å². The first kappa shape index (κ1) is 32.0. The maximum atomic E-state index is 13.7. The molecule has 0 saturated carbocycles. The molecule has 5 rings (SSSR count). The zero-order chi connectivity index (χ0) is 30.4. The Kier molecular flexibility index (Phi) is 12.4. The standard InChI is InChI=1S/C20H25ClN4O2.C15H13F/c1-23-5-3-2-4-6-24-13-17-8-18(21)19(26)9-20(17)27-14-16-7-15(10-22)11-25-12-16;16-15-10-2-1-7-14(15)13-9-4-6-11-5-3-8-12(11)13/h7-9,11-12,23-24,26H,2-6,13-14H2,1H3;1-2,4,6-7,9-10H,3,5,8H2. The van der Waals surface area contributed by atoms with Crippen LogP contribution >= 0.6 is 11.6 Å². The number of ether oxygens (including phenoxy) is 1. The van der Waals surface area contributed by atoms with E-state index >= 15 is 0 Å². The second-order valence-electron chi connectivity index (χ2n) is 10.5. The molecule has 224 valence electrons. The monoisotopic (exact) mass is 600 g/mol. The van der Waals surface area contributed by atoms with Crippen LogP contribution in [0, 0.1) is 17.1 Å². The van der Waals surface area contributed by atoms with Crippen molar-refractivity contribution in [2.24, 2.45) is 0 Å². The van der Waals surface area contributed by atoms with E-state index in [1.165, 1.54) is 35.9 Å². The van der Waals surface area contributed by atoms with Crippen LogP contribution in [0.1, 0.15) is 53.5 Å². The van der Waals surface area contributed by atoms with Crippen LogP contribution < -0.4 is 15.4 Å². The molecule has 1 aliphatic rings. The number of phenols is 1. The summed E-state index contributed by atoms with van der Waals surface area (Å²) in [7, 11) is 1.96. The lowest BCUT2D eigenvalue weighted by Gasteiger charge is -2.14. The lowest BCUT2D eigenvalue weighted by Crippen LogP contribution is -2.16. The van der Waals surface area contributed by atoms with E-state index in [2.05, 4.69) is 27.8 Å². The number of benzene rings is 3. The van der Waals surface area contributed by atoms with E-state index < -0.39 is 0 Å². The van der Waals surface area contributed by atoms with Gasteiger partial charge in [0.1, 0.15) is 30.0 Å². The largest absolute Gasteiger partial charge is 0.506 e. The predicted octanol–water partition coefficient (Wildman–Crippen LogP) is 7.35. The molecule has 3 aromatic carbocycles. The van der Waals surface area contributed by atoms with Gasteiger partial charge in [0.05, 0.1) is 10.6 Å². The zero-order valence-electron chi connectivity index (χ0n) is 24.5. The fourth-order valence-corrected chi connectivity index (χ4v) is 5.33. The molecule has 4 aromatic rings. The second-order valence-corrected chi connectivity index (χ2v) is 10.9. The third-order valence-electron chi connectivity index (χ3n) is 7.35. The Labute approximate surface area is 258 Å². The molecule has 0 fully saturated rings. The van der Waals surface area contributed by atoms with E-state index in [0.29, 0.717) is 22.9 Å². The van der Waals surface area contributed by atoms with Gasteiger partial charge in [-0.15, -0.1) is 0 Å². The summed E-state index contributed by atoms with van der Waals surface area (Å²) in [5.74, 6) is 0.413. The van der Waals surface area contributed by atoms with E-state index in [1.54, 1.807) is 24.4 Å². The van der Waals surface area contributed by atoms with Gasteiger partial charge in [0.2, 0.25) is 0 Å². The van der Waals surface area contributed by atoms with E-state index in [4.69, 9.17) is 21.6 Å². The average molecular weight is 601 g/mol. The summed E-state index contributed by atoms with van der Waals surface area (Å²) in [5, 5.41) is 25.7. The van der Waals surface area contributed by atoms with Gasteiger partial charge in [-0.25, -0.2) is 4.39 Å². The van der Waals surface area contributed by atoms with Gasteiger partial charge >= 0.3 is 0 Å². The molecule has 1 aliphatic carbocycles. The first-order valence-electron chi connectivity index (χ1n) is 14.7. The summed E-state index contributed by atoms with van der Waals surface area (Å²) in [4.78, 5) is 4.02. The van der Waals surface area contributed by atoms with Gasteiger partial charge in [0.15, 0.2) is 0 Å². The fourth-order valence-electron chi connectivity index (χ4n) is 5.15. The molecule has 1 aromatic heterocycles. The molecule has 0 amide bonds. The number of hydrogen-bond donors (Lipinski definition) is 3. The highest BCUT2D eigenvalue weighted by Crippen LogP contribution is 2.34. The van der Waals surface area contributed by atoms with Crippen molar-refractivity contribution in [1.29, 1.82) is 5.26 Å². The normalized spacial score (nSPS) is 11.8. The number of phenolic OH excluding ortho intramolecular Hbond substituents is 1. The number of nitrogens with zero attached hydrogens (tertiary/aromatic N) is 2. The number of aryl methyl sites for hydroxylation is 1. The summed E-state index contributed by atoms with van der Waals surface area (Å²) in [6.45, 7) is 2.78. The number of rotatable bonds is 12. The summed E-state index contributed by atoms with van der Waals surface area (Å²) < 4.78 is 19.6. The van der Waals surface area contributed by atoms with Crippen LogP contribution in [-0.2, 0) is 26.0 Å². The molecule has 0 atom stereocenters. The molecule has 1 heterocycles. The van der Waals surface area contributed by atoms with Crippen LogP contribution in [-0.4, -0.2) is 30.2 Å². The van der Waals surface area contributed by atoms with Gasteiger partial charge < -0.3 is 20.5 Å². The molecule has 0 unspecified atom stereocenters. The van der Waals surface area contributed by atoms with E-state index in [1.807, 2.05) is 31.3 Å². The number of pyridine rings is 1. The summed E-state index contributed by atoms with van der Waals surface area (Å²) >= 11 is 6.05. The highest BCUT2D eigenvalue weighted by atomic mass is 35.5. The van der Waals surface area contributed by atoms with E-state index in [9.17, 15) is 9.50 Å². The predicted molar refractivity (Wildman–Crippen MR) is 170 cm³/mol. The lowest BCUT2D eigenvalue weighted by molar-refractivity contribution is 0.299. The molecule has 0 bridgehead atoms. The lowest BCUT2D eigenvalue weighted by atomic mass is 9.97. The maximum absolute atomic E-state index is 13.7. The fraction of sp³-hybridized carbons (Fsp3) is 0.314. The van der Waals surface area contributed by atoms with Crippen molar-refractivity contribution in [3.05, 3.63) is 112 Å². The Morgan fingerprint density at radius 1 is 1.00 bits per heavy atom. The molecule has 0 saturated heterocycles. The average Bonchev–Trinajstić information content (AvgIpc) is 3.52. The second kappa shape index (κ2) is 16.6. The molecule has 0 spiro atoms. The van der Waals surface area contributed by atoms with Gasteiger partial charge in [-0.2, -0.15) is 5.26 Å². The third-order valence-corrected chi connectivity index (χ3v) is 7.66. The topological polar surface area (TPSA) is 90.2 Å². The molecule has 8 heteroatoms. The van der Waals surface area contributed by atoms with Gasteiger partial charge in [-0.3, -0.25) is 4.98 Å². The van der Waals surface area contributed by atoms with Gasteiger partial charge in [0.25, 0.3) is 0 Å². The quantitative estimate of drug-likeness (QED) is 0.147. The number of aromatic hydroxyl groups is 1. The molecule has 3 N–H and O–H groups in total. The Hall–Kier alpha value is -3.96. The first-order chi connectivity index (χ1) is 21.0. The summed E-state index contributed by atoms with van der Waals surface area (Å²) in [6, 6.07) is 20.3. The third kappa shape index (κ3) is 9.26. The number of fused-ring (bicyclic) bond motifs is 1. The highest BCUT2D eigenvalue weighted by molar-refractivity contribution is 6.32. The minimum Gasteiger partial charge on any atom is -0.506 e. The number of nitriles is 1. The van der Waals surface area contributed by atoms with Crippen LogP contribution in [0.5, 0.6) is 11.5 Å². The Bertz CT molecular complexity index is 1540. The Morgan fingerprint density at radius 2 is 1.81 bits per heavy atom. The van der Waals surface area contributed by atoms with Crippen LogP contribution in [0.3, 0.4) is 0 Å². The van der Waals surface area contributed by atoms with Crippen molar-refractivity contribution in [3.8, 4) is 28.7 Å². The molecular weight excluding hydrogens is 563 g/mol. The van der Waals surface area contributed by atoms with Crippen molar-refractivity contribution < 1.29 is 14.2 Å². The molecule has 0 aliphatic heterocycles. The molecule has 43 heavy (non-hydrogen) atoms. The van der Waals surface area contributed by atoms with Gasteiger partial charge in [-0.05, 0) is 87.1 Å². The van der Waals surface area contributed by atoms with Crippen LogP contribution in [0.4, 0.5) is 4.39 Å². The summed E-state index contributed by atoms with van der Waals surface area (Å²) in [6.07, 6.45) is 9.99. The zero-order valence-corrected chi connectivity index (χ0v) is 25.3.